The minimum Gasteiger partial charge on any atom is -0.352 e. The van der Waals surface area contributed by atoms with Crippen LogP contribution in [0.2, 0.25) is 0 Å². The number of rotatable bonds is 5. The first-order valence-electron chi connectivity index (χ1n) is 9.40. The van der Waals surface area contributed by atoms with Crippen LogP contribution < -0.4 is 10.2 Å². The number of fused-ring (bicyclic) bond motifs is 1. The summed E-state index contributed by atoms with van der Waals surface area (Å²) in [5.41, 5.74) is 3.77. The number of piperazine rings is 1. The molecule has 0 saturated carbocycles. The number of amides is 1. The average Bonchev–Trinajstić information content (AvgIpc) is 3.09. The highest BCUT2D eigenvalue weighted by atomic mass is 16.2. The molecule has 0 spiro atoms. The van der Waals surface area contributed by atoms with Gasteiger partial charge in [-0.2, -0.15) is 0 Å². The van der Waals surface area contributed by atoms with E-state index >= 15 is 0 Å². The third-order valence-corrected chi connectivity index (χ3v) is 5.02. The molecule has 1 amide bonds. The van der Waals surface area contributed by atoms with Crippen LogP contribution in [0, 0.1) is 6.92 Å². The highest BCUT2D eigenvalue weighted by Crippen LogP contribution is 2.21. The van der Waals surface area contributed by atoms with Crippen LogP contribution in [0.5, 0.6) is 0 Å². The van der Waals surface area contributed by atoms with Gasteiger partial charge in [0.05, 0.1) is 6.54 Å². The molecule has 1 aliphatic rings. The van der Waals surface area contributed by atoms with Crippen LogP contribution in [0.1, 0.15) is 11.1 Å². The summed E-state index contributed by atoms with van der Waals surface area (Å²) in [7, 11) is 1.82. The highest BCUT2D eigenvalue weighted by Gasteiger charge is 2.22. The summed E-state index contributed by atoms with van der Waals surface area (Å²) in [5.74, 6) is 0.856. The summed E-state index contributed by atoms with van der Waals surface area (Å²) in [6.45, 7) is 6.18. The van der Waals surface area contributed by atoms with Crippen molar-refractivity contribution in [1.29, 1.82) is 0 Å². The van der Waals surface area contributed by atoms with E-state index in [1.807, 2.05) is 19.2 Å². The van der Waals surface area contributed by atoms with Crippen molar-refractivity contribution in [2.45, 2.75) is 13.5 Å². The summed E-state index contributed by atoms with van der Waals surface area (Å²) in [4.78, 5) is 25.3. The second-order valence-electron chi connectivity index (χ2n) is 7.11. The van der Waals surface area contributed by atoms with Crippen LogP contribution in [-0.4, -0.2) is 68.5 Å². The smallest absolute Gasteiger partial charge is 0.234 e. The van der Waals surface area contributed by atoms with Gasteiger partial charge in [0.1, 0.15) is 6.33 Å². The number of aryl methyl sites for hydroxylation is 2. The Bertz CT molecular complexity index is 960. The first kappa shape index (κ1) is 18.3. The van der Waals surface area contributed by atoms with E-state index in [-0.39, 0.29) is 5.91 Å². The first-order valence-corrected chi connectivity index (χ1v) is 9.40. The number of nitrogens with zero attached hydrogens (tertiary/aromatic N) is 7. The molecule has 0 aliphatic carbocycles. The number of aromatic nitrogens is 5. The molecule has 9 heteroatoms. The third-order valence-electron chi connectivity index (χ3n) is 5.02. The van der Waals surface area contributed by atoms with Crippen LogP contribution in [0.25, 0.3) is 11.2 Å². The number of benzene rings is 1. The van der Waals surface area contributed by atoms with Gasteiger partial charge in [0.2, 0.25) is 5.91 Å². The van der Waals surface area contributed by atoms with Crippen LogP contribution in [-0.2, 0) is 18.4 Å². The molecule has 1 fully saturated rings. The summed E-state index contributed by atoms with van der Waals surface area (Å²) >= 11 is 0. The van der Waals surface area contributed by atoms with Gasteiger partial charge in [-0.05, 0) is 12.5 Å². The summed E-state index contributed by atoms with van der Waals surface area (Å²) in [5, 5.41) is 11.2. The Kier molecular flexibility index (Phi) is 5.16. The number of carbonyl (C=O) groups excluding carboxylic acids is 1. The zero-order valence-electron chi connectivity index (χ0n) is 16.2. The van der Waals surface area contributed by atoms with Crippen LogP contribution >= 0.6 is 0 Å². The van der Waals surface area contributed by atoms with Gasteiger partial charge in [-0.1, -0.05) is 35.0 Å². The minimum absolute atomic E-state index is 0.0485. The van der Waals surface area contributed by atoms with Crippen molar-refractivity contribution in [2.75, 3.05) is 37.6 Å². The molecule has 3 aromatic rings. The van der Waals surface area contributed by atoms with Gasteiger partial charge in [0.15, 0.2) is 17.0 Å². The molecule has 1 aromatic carbocycles. The molecule has 0 unspecified atom stereocenters. The van der Waals surface area contributed by atoms with Crippen LogP contribution in [0.4, 0.5) is 5.82 Å². The standard InChI is InChI=1S/C19H24N8O/c1-14-3-5-15(6-4-14)11-20-16(28)12-26-7-9-27(10-8-26)19-17-18(21-13-22-19)25(2)24-23-17/h3-6,13H,7-12H2,1-2H3,(H,20,28). The van der Waals surface area contributed by atoms with Crippen molar-refractivity contribution in [3.63, 3.8) is 0 Å². The summed E-state index contributed by atoms with van der Waals surface area (Å²) in [6.07, 6.45) is 1.55. The zero-order chi connectivity index (χ0) is 19.5. The van der Waals surface area contributed by atoms with E-state index in [9.17, 15) is 4.79 Å². The van der Waals surface area contributed by atoms with E-state index < -0.39 is 0 Å². The fourth-order valence-electron chi connectivity index (χ4n) is 3.36. The van der Waals surface area contributed by atoms with Gasteiger partial charge in [-0.3, -0.25) is 9.69 Å². The SMILES string of the molecule is Cc1ccc(CNC(=O)CN2CCN(c3ncnc4c3nnn4C)CC2)cc1. The number of nitrogens with one attached hydrogen (secondary N) is 1. The Morgan fingerprint density at radius 2 is 1.86 bits per heavy atom. The van der Waals surface area contributed by atoms with Crippen molar-refractivity contribution < 1.29 is 4.79 Å². The lowest BCUT2D eigenvalue weighted by Crippen LogP contribution is -2.49. The monoisotopic (exact) mass is 380 g/mol. The van der Waals surface area contributed by atoms with Gasteiger partial charge in [0.25, 0.3) is 0 Å². The van der Waals surface area contributed by atoms with Gasteiger partial charge in [-0.15, -0.1) is 5.10 Å². The topological polar surface area (TPSA) is 92.1 Å². The Balaban J connectivity index is 1.29. The lowest BCUT2D eigenvalue weighted by Gasteiger charge is -2.34. The maximum atomic E-state index is 12.3. The number of hydrogen-bond acceptors (Lipinski definition) is 7. The fraction of sp³-hybridized carbons (Fsp3) is 0.421. The molecule has 0 radical (unpaired) electrons. The van der Waals surface area contributed by atoms with Crippen molar-refractivity contribution in [3.8, 4) is 0 Å². The van der Waals surface area contributed by atoms with Gasteiger partial charge < -0.3 is 10.2 Å². The summed E-state index contributed by atoms with van der Waals surface area (Å²) in [6, 6.07) is 8.20. The normalized spacial score (nSPS) is 15.1. The Labute approximate surface area is 163 Å². The second kappa shape index (κ2) is 7.89. The fourth-order valence-corrected chi connectivity index (χ4v) is 3.36. The zero-order valence-corrected chi connectivity index (χ0v) is 16.2. The average molecular weight is 380 g/mol. The van der Waals surface area contributed by atoms with Crippen LogP contribution in [0.3, 0.4) is 0 Å². The molecule has 1 N–H and O–H groups in total. The first-order chi connectivity index (χ1) is 13.6. The van der Waals surface area contributed by atoms with E-state index in [2.05, 4.69) is 54.5 Å². The molecule has 1 aliphatic heterocycles. The molecule has 9 nitrogen and oxygen atoms in total. The predicted molar refractivity (Wildman–Crippen MR) is 106 cm³/mol. The van der Waals surface area contributed by atoms with Gasteiger partial charge >= 0.3 is 0 Å². The molecule has 4 rings (SSSR count). The molecular formula is C19H24N8O. The van der Waals surface area contributed by atoms with Crippen molar-refractivity contribution >= 4 is 22.9 Å². The predicted octanol–water partition coefficient (Wildman–Crippen LogP) is 0.505. The maximum absolute atomic E-state index is 12.3. The van der Waals surface area contributed by atoms with Crippen LogP contribution in [0.15, 0.2) is 30.6 Å². The van der Waals surface area contributed by atoms with Gasteiger partial charge in [-0.25, -0.2) is 14.6 Å². The maximum Gasteiger partial charge on any atom is 0.234 e. The lowest BCUT2D eigenvalue weighted by atomic mass is 10.1. The third kappa shape index (κ3) is 3.94. The number of carbonyl (C=O) groups is 1. The van der Waals surface area contributed by atoms with Crippen molar-refractivity contribution in [1.82, 2.24) is 35.2 Å². The molecule has 2 aromatic heterocycles. The second-order valence-corrected chi connectivity index (χ2v) is 7.11. The molecule has 28 heavy (non-hydrogen) atoms. The Morgan fingerprint density at radius 1 is 1.11 bits per heavy atom. The molecule has 0 bridgehead atoms. The molecule has 1 saturated heterocycles. The van der Waals surface area contributed by atoms with E-state index in [4.69, 9.17) is 0 Å². The molecular weight excluding hydrogens is 356 g/mol. The Morgan fingerprint density at radius 3 is 2.61 bits per heavy atom. The van der Waals surface area contributed by atoms with E-state index in [0.717, 1.165) is 43.2 Å². The highest BCUT2D eigenvalue weighted by molar-refractivity contribution is 5.82. The largest absolute Gasteiger partial charge is 0.352 e. The number of hydrogen-bond donors (Lipinski definition) is 1. The minimum atomic E-state index is 0.0485. The van der Waals surface area contributed by atoms with E-state index in [0.29, 0.717) is 18.6 Å². The van der Waals surface area contributed by atoms with Crippen molar-refractivity contribution in [3.05, 3.63) is 41.7 Å². The van der Waals surface area contributed by atoms with E-state index in [1.54, 1.807) is 11.0 Å². The van der Waals surface area contributed by atoms with Gasteiger partial charge in [0, 0.05) is 39.8 Å². The molecule has 0 atom stereocenters. The van der Waals surface area contributed by atoms with E-state index in [1.165, 1.54) is 5.56 Å². The quantitative estimate of drug-likeness (QED) is 0.689. The lowest BCUT2D eigenvalue weighted by molar-refractivity contribution is -0.122. The number of anilines is 1. The summed E-state index contributed by atoms with van der Waals surface area (Å²) < 4.78 is 1.65. The molecule has 3 heterocycles. The molecule has 146 valence electrons. The Hall–Kier alpha value is -3.07. The van der Waals surface area contributed by atoms with Crippen molar-refractivity contribution in [2.24, 2.45) is 7.05 Å².